The van der Waals surface area contributed by atoms with Crippen LogP contribution >= 0.6 is 0 Å². The Morgan fingerprint density at radius 2 is 2.11 bits per heavy atom. The zero-order chi connectivity index (χ0) is 18.6. The van der Waals surface area contributed by atoms with E-state index in [4.69, 9.17) is 4.74 Å². The van der Waals surface area contributed by atoms with Crippen LogP contribution < -0.4 is 10.2 Å². The first-order valence-electron chi connectivity index (χ1n) is 9.78. The number of rotatable bonds is 5. The van der Waals surface area contributed by atoms with Gasteiger partial charge in [0.25, 0.3) is 5.91 Å². The third-order valence-corrected chi connectivity index (χ3v) is 5.26. The van der Waals surface area contributed by atoms with Gasteiger partial charge in [0.1, 0.15) is 6.10 Å². The minimum Gasteiger partial charge on any atom is -0.371 e. The summed E-state index contributed by atoms with van der Waals surface area (Å²) in [6, 6.07) is 3.54. The number of carbonyl (C=O) groups is 1. The predicted octanol–water partition coefficient (Wildman–Crippen LogP) is 1.94. The van der Waals surface area contributed by atoms with Crippen LogP contribution in [0.5, 0.6) is 0 Å². The van der Waals surface area contributed by atoms with Crippen molar-refractivity contribution >= 4 is 11.7 Å². The molecular formula is C19H26N6O2. The number of nitrogens with zero attached hydrogens (tertiary/aromatic N) is 5. The van der Waals surface area contributed by atoms with Crippen molar-refractivity contribution in [1.82, 2.24) is 25.3 Å². The second kappa shape index (κ2) is 8.04. The molecule has 0 spiro atoms. The number of nitrogens with one attached hydrogen (secondary N) is 1. The maximum atomic E-state index is 12.7. The van der Waals surface area contributed by atoms with Gasteiger partial charge in [-0.15, -0.1) is 10.2 Å². The van der Waals surface area contributed by atoms with Crippen molar-refractivity contribution in [2.45, 2.75) is 51.3 Å². The molecule has 2 saturated heterocycles. The number of hydrogen-bond acceptors (Lipinski definition) is 6. The van der Waals surface area contributed by atoms with Gasteiger partial charge in [-0.2, -0.15) is 5.10 Å². The molecule has 0 saturated carbocycles. The lowest BCUT2D eigenvalue weighted by molar-refractivity contribution is -0.00957. The largest absolute Gasteiger partial charge is 0.371 e. The molecule has 2 aromatic heterocycles. The van der Waals surface area contributed by atoms with Gasteiger partial charge in [0.15, 0.2) is 11.5 Å². The molecule has 4 heterocycles. The molecule has 8 heteroatoms. The molecule has 0 unspecified atom stereocenters. The van der Waals surface area contributed by atoms with E-state index < -0.39 is 0 Å². The van der Waals surface area contributed by atoms with Gasteiger partial charge in [-0.05, 0) is 44.7 Å². The van der Waals surface area contributed by atoms with Crippen LogP contribution in [0, 0.1) is 0 Å². The minimum atomic E-state index is -0.209. The molecule has 8 nitrogen and oxygen atoms in total. The summed E-state index contributed by atoms with van der Waals surface area (Å²) in [7, 11) is 0. The van der Waals surface area contributed by atoms with Crippen molar-refractivity contribution in [3.05, 3.63) is 35.8 Å². The Labute approximate surface area is 158 Å². The third-order valence-electron chi connectivity index (χ3n) is 5.26. The number of amides is 1. The fourth-order valence-electron chi connectivity index (χ4n) is 3.76. The van der Waals surface area contributed by atoms with Crippen LogP contribution in [0.2, 0.25) is 0 Å². The first-order chi connectivity index (χ1) is 13.2. The van der Waals surface area contributed by atoms with E-state index in [2.05, 4.69) is 25.5 Å². The molecule has 0 aliphatic carbocycles. The lowest BCUT2D eigenvalue weighted by Crippen LogP contribution is -2.43. The summed E-state index contributed by atoms with van der Waals surface area (Å²) >= 11 is 0. The van der Waals surface area contributed by atoms with Gasteiger partial charge in [0.05, 0.1) is 12.2 Å². The highest BCUT2D eigenvalue weighted by Gasteiger charge is 2.30. The molecule has 2 aliphatic rings. The summed E-state index contributed by atoms with van der Waals surface area (Å²) in [6.07, 6.45) is 7.78. The molecule has 2 aromatic rings. The average molecular weight is 370 g/mol. The van der Waals surface area contributed by atoms with E-state index in [9.17, 15) is 4.79 Å². The Morgan fingerprint density at radius 3 is 2.81 bits per heavy atom. The van der Waals surface area contributed by atoms with Gasteiger partial charge in [-0.25, -0.2) is 0 Å². The molecule has 1 amide bonds. The normalized spacial score (nSPS) is 22.8. The molecule has 2 atom stereocenters. The minimum absolute atomic E-state index is 0.0965. The smallest absolute Gasteiger partial charge is 0.272 e. The van der Waals surface area contributed by atoms with E-state index in [0.29, 0.717) is 12.3 Å². The highest BCUT2D eigenvalue weighted by Crippen LogP contribution is 2.28. The van der Waals surface area contributed by atoms with Crippen molar-refractivity contribution in [2.75, 3.05) is 24.6 Å². The molecule has 0 radical (unpaired) electrons. The van der Waals surface area contributed by atoms with Crippen LogP contribution in [0.15, 0.2) is 24.5 Å². The summed E-state index contributed by atoms with van der Waals surface area (Å²) in [5, 5.41) is 15.8. The van der Waals surface area contributed by atoms with E-state index in [1.807, 2.05) is 30.1 Å². The molecule has 2 aliphatic heterocycles. The molecule has 27 heavy (non-hydrogen) atoms. The van der Waals surface area contributed by atoms with Gasteiger partial charge in [-0.3, -0.25) is 9.48 Å². The van der Waals surface area contributed by atoms with Gasteiger partial charge in [0.2, 0.25) is 0 Å². The summed E-state index contributed by atoms with van der Waals surface area (Å²) in [5.74, 6) is 0.633. The van der Waals surface area contributed by atoms with Gasteiger partial charge < -0.3 is 15.0 Å². The number of hydrogen-bond donors (Lipinski definition) is 1. The number of carbonyl (C=O) groups excluding carboxylic acids is 1. The molecular weight excluding hydrogens is 344 g/mol. The van der Waals surface area contributed by atoms with Crippen molar-refractivity contribution in [3.63, 3.8) is 0 Å². The Bertz CT molecular complexity index is 769. The zero-order valence-corrected chi connectivity index (χ0v) is 15.7. The highest BCUT2D eigenvalue weighted by atomic mass is 16.5. The van der Waals surface area contributed by atoms with Crippen molar-refractivity contribution < 1.29 is 9.53 Å². The van der Waals surface area contributed by atoms with Gasteiger partial charge in [-0.1, -0.05) is 0 Å². The molecule has 4 rings (SSSR count). The summed E-state index contributed by atoms with van der Waals surface area (Å²) in [4.78, 5) is 14.9. The maximum absolute atomic E-state index is 12.7. The average Bonchev–Trinajstić information content (AvgIpc) is 3.40. The number of aryl methyl sites for hydroxylation is 1. The molecule has 0 aromatic carbocycles. The SMILES string of the molecule is CCn1cc([C@H]2OCCC[C@@H]2NC(=O)c2ccc(N3CCCC3)nn2)cn1. The highest BCUT2D eigenvalue weighted by molar-refractivity contribution is 5.92. The maximum Gasteiger partial charge on any atom is 0.272 e. The predicted molar refractivity (Wildman–Crippen MR) is 101 cm³/mol. The molecule has 2 fully saturated rings. The second-order valence-corrected chi connectivity index (χ2v) is 7.11. The van der Waals surface area contributed by atoms with Crippen LogP contribution in [-0.4, -0.2) is 51.6 Å². The van der Waals surface area contributed by atoms with E-state index >= 15 is 0 Å². The van der Waals surface area contributed by atoms with Crippen LogP contribution in [0.3, 0.4) is 0 Å². The third kappa shape index (κ3) is 3.95. The monoisotopic (exact) mass is 370 g/mol. The lowest BCUT2D eigenvalue weighted by atomic mass is 9.98. The summed E-state index contributed by atoms with van der Waals surface area (Å²) < 4.78 is 7.82. The fraction of sp³-hybridized carbons (Fsp3) is 0.579. The Balaban J connectivity index is 1.43. The zero-order valence-electron chi connectivity index (χ0n) is 15.7. The molecule has 1 N–H and O–H groups in total. The van der Waals surface area contributed by atoms with Crippen LogP contribution in [-0.2, 0) is 11.3 Å². The first kappa shape index (κ1) is 17.9. The van der Waals surface area contributed by atoms with Crippen LogP contribution in [0.1, 0.15) is 54.8 Å². The van der Waals surface area contributed by atoms with Gasteiger partial charge >= 0.3 is 0 Å². The van der Waals surface area contributed by atoms with E-state index in [0.717, 1.165) is 43.9 Å². The number of aromatic nitrogens is 4. The van der Waals surface area contributed by atoms with Crippen LogP contribution in [0.4, 0.5) is 5.82 Å². The topological polar surface area (TPSA) is 85.2 Å². The van der Waals surface area contributed by atoms with Crippen molar-refractivity contribution in [1.29, 1.82) is 0 Å². The van der Waals surface area contributed by atoms with Crippen molar-refractivity contribution in [2.24, 2.45) is 0 Å². The van der Waals surface area contributed by atoms with E-state index in [1.165, 1.54) is 12.8 Å². The van der Waals surface area contributed by atoms with Crippen LogP contribution in [0.25, 0.3) is 0 Å². The Kier molecular flexibility index (Phi) is 5.33. The summed E-state index contributed by atoms with van der Waals surface area (Å²) in [5.41, 5.74) is 1.34. The molecule has 144 valence electrons. The standard InChI is InChI=1S/C19H26N6O2/c1-2-25-13-14(12-20-25)18-15(6-5-11-27-18)21-19(26)16-7-8-17(23-22-16)24-9-3-4-10-24/h7-8,12-13,15,18H,2-6,9-11H2,1H3,(H,21,26)/t15-,18+/m0/s1. The Morgan fingerprint density at radius 1 is 1.26 bits per heavy atom. The second-order valence-electron chi connectivity index (χ2n) is 7.11. The fourth-order valence-corrected chi connectivity index (χ4v) is 3.76. The quantitative estimate of drug-likeness (QED) is 0.866. The first-order valence-corrected chi connectivity index (χ1v) is 9.78. The number of anilines is 1. The molecule has 0 bridgehead atoms. The summed E-state index contributed by atoms with van der Waals surface area (Å²) in [6.45, 7) is 5.56. The van der Waals surface area contributed by atoms with E-state index in [-0.39, 0.29) is 18.1 Å². The Hall–Kier alpha value is -2.48. The van der Waals surface area contributed by atoms with E-state index in [1.54, 1.807) is 6.07 Å². The van der Waals surface area contributed by atoms with Crippen molar-refractivity contribution in [3.8, 4) is 0 Å². The van der Waals surface area contributed by atoms with Gasteiger partial charge in [0, 0.05) is 38.0 Å². The number of ether oxygens (including phenoxy) is 1. The lowest BCUT2D eigenvalue weighted by Gasteiger charge is -2.31.